The predicted molar refractivity (Wildman–Crippen MR) is 58.1 cm³/mol. The second kappa shape index (κ2) is 5.16. The van der Waals surface area contributed by atoms with Crippen molar-refractivity contribution in [3.63, 3.8) is 0 Å². The Bertz CT molecular complexity index is 365. The van der Waals surface area contributed by atoms with Crippen LogP contribution < -0.4 is 5.32 Å². The Morgan fingerprint density at radius 3 is 2.40 bits per heavy atom. The van der Waals surface area contributed by atoms with Crippen LogP contribution in [0.4, 0.5) is 0 Å². The van der Waals surface area contributed by atoms with E-state index in [4.69, 9.17) is 5.26 Å². The summed E-state index contributed by atoms with van der Waals surface area (Å²) >= 11 is 0. The molecular formula is C12H14N2O. The lowest BCUT2D eigenvalue weighted by Gasteiger charge is -2.12. The van der Waals surface area contributed by atoms with E-state index in [1.807, 2.05) is 38.1 Å². The van der Waals surface area contributed by atoms with Gasteiger partial charge in [0.15, 0.2) is 0 Å². The fourth-order valence-corrected chi connectivity index (χ4v) is 1.30. The van der Waals surface area contributed by atoms with Gasteiger partial charge in [0.1, 0.15) is 5.92 Å². The summed E-state index contributed by atoms with van der Waals surface area (Å²) in [5, 5.41) is 11.7. The first kappa shape index (κ1) is 11.3. The molecule has 3 nitrogen and oxygen atoms in total. The highest BCUT2D eigenvalue weighted by Crippen LogP contribution is 2.14. The molecule has 1 atom stereocenters. The monoisotopic (exact) mass is 202 g/mol. The molecular weight excluding hydrogens is 188 g/mol. The lowest BCUT2D eigenvalue weighted by atomic mass is 10.00. The molecule has 0 fully saturated rings. The van der Waals surface area contributed by atoms with Gasteiger partial charge in [0, 0.05) is 6.04 Å². The highest BCUT2D eigenvalue weighted by molar-refractivity contribution is 5.86. The number of hydrogen-bond donors (Lipinski definition) is 1. The van der Waals surface area contributed by atoms with Crippen molar-refractivity contribution < 1.29 is 4.79 Å². The molecule has 1 amide bonds. The summed E-state index contributed by atoms with van der Waals surface area (Å²) in [6, 6.07) is 11.1. The van der Waals surface area contributed by atoms with Crippen LogP contribution in [-0.2, 0) is 4.79 Å². The lowest BCUT2D eigenvalue weighted by Crippen LogP contribution is -2.34. The summed E-state index contributed by atoms with van der Waals surface area (Å²) in [5.41, 5.74) is 0.734. The second-order valence-corrected chi connectivity index (χ2v) is 3.64. The number of nitrogens with zero attached hydrogens (tertiary/aromatic N) is 1. The minimum Gasteiger partial charge on any atom is -0.352 e. The molecule has 1 aromatic carbocycles. The van der Waals surface area contributed by atoms with Gasteiger partial charge in [0.25, 0.3) is 0 Å². The maximum absolute atomic E-state index is 11.7. The van der Waals surface area contributed by atoms with Crippen molar-refractivity contribution in [3.05, 3.63) is 35.9 Å². The van der Waals surface area contributed by atoms with E-state index < -0.39 is 5.92 Å². The Morgan fingerprint density at radius 2 is 1.93 bits per heavy atom. The highest BCUT2D eigenvalue weighted by Gasteiger charge is 2.19. The molecule has 1 unspecified atom stereocenters. The van der Waals surface area contributed by atoms with Gasteiger partial charge in [-0.3, -0.25) is 4.79 Å². The zero-order chi connectivity index (χ0) is 11.3. The van der Waals surface area contributed by atoms with Crippen molar-refractivity contribution in [2.24, 2.45) is 0 Å². The number of nitriles is 1. The molecule has 0 radical (unpaired) electrons. The van der Waals surface area contributed by atoms with Crippen molar-refractivity contribution in [3.8, 4) is 6.07 Å². The maximum Gasteiger partial charge on any atom is 0.242 e. The Morgan fingerprint density at radius 1 is 1.33 bits per heavy atom. The third-order valence-electron chi connectivity index (χ3n) is 1.96. The van der Waals surface area contributed by atoms with Gasteiger partial charge in [0.05, 0.1) is 6.07 Å². The van der Waals surface area contributed by atoms with Gasteiger partial charge in [-0.05, 0) is 19.4 Å². The summed E-state index contributed by atoms with van der Waals surface area (Å²) in [6.07, 6.45) is 0. The van der Waals surface area contributed by atoms with Crippen molar-refractivity contribution >= 4 is 5.91 Å². The normalized spacial score (nSPS) is 11.9. The molecule has 3 heteroatoms. The van der Waals surface area contributed by atoms with E-state index in [0.29, 0.717) is 0 Å². The number of hydrogen-bond acceptors (Lipinski definition) is 2. The van der Waals surface area contributed by atoms with E-state index in [2.05, 4.69) is 5.32 Å². The fraction of sp³-hybridized carbons (Fsp3) is 0.333. The van der Waals surface area contributed by atoms with E-state index in [9.17, 15) is 4.79 Å². The summed E-state index contributed by atoms with van der Waals surface area (Å²) < 4.78 is 0. The van der Waals surface area contributed by atoms with E-state index >= 15 is 0 Å². The average Bonchev–Trinajstić information content (AvgIpc) is 2.19. The summed E-state index contributed by atoms with van der Waals surface area (Å²) in [7, 11) is 0. The van der Waals surface area contributed by atoms with Crippen LogP contribution >= 0.6 is 0 Å². The van der Waals surface area contributed by atoms with E-state index in [1.54, 1.807) is 12.1 Å². The van der Waals surface area contributed by atoms with E-state index in [-0.39, 0.29) is 11.9 Å². The van der Waals surface area contributed by atoms with Gasteiger partial charge >= 0.3 is 0 Å². The van der Waals surface area contributed by atoms with Crippen LogP contribution in [0.1, 0.15) is 25.3 Å². The number of carbonyl (C=O) groups excluding carboxylic acids is 1. The Hall–Kier alpha value is -1.82. The SMILES string of the molecule is CC(C)NC(=O)C(C#N)c1ccccc1. The predicted octanol–water partition coefficient (Wildman–Crippen LogP) is 1.82. The topological polar surface area (TPSA) is 52.9 Å². The molecule has 0 bridgehead atoms. The van der Waals surface area contributed by atoms with E-state index in [1.165, 1.54) is 0 Å². The molecule has 0 saturated carbocycles. The number of benzene rings is 1. The molecule has 0 aliphatic heterocycles. The van der Waals surface area contributed by atoms with E-state index in [0.717, 1.165) is 5.56 Å². The molecule has 1 N–H and O–H groups in total. The molecule has 1 rings (SSSR count). The summed E-state index contributed by atoms with van der Waals surface area (Å²) in [6.45, 7) is 3.74. The zero-order valence-electron chi connectivity index (χ0n) is 8.90. The molecule has 1 aromatic rings. The van der Waals surface area contributed by atoms with Crippen molar-refractivity contribution in [1.29, 1.82) is 5.26 Å². The maximum atomic E-state index is 11.7. The molecule has 0 aromatic heterocycles. The quantitative estimate of drug-likeness (QED) is 0.812. The van der Waals surface area contributed by atoms with Crippen molar-refractivity contribution in [2.45, 2.75) is 25.8 Å². The Balaban J connectivity index is 2.82. The van der Waals surface area contributed by atoms with Gasteiger partial charge < -0.3 is 5.32 Å². The van der Waals surface area contributed by atoms with Crippen LogP contribution in [-0.4, -0.2) is 11.9 Å². The van der Waals surface area contributed by atoms with Crippen LogP contribution in [0.15, 0.2) is 30.3 Å². The van der Waals surface area contributed by atoms with Gasteiger partial charge in [-0.15, -0.1) is 0 Å². The molecule has 0 aliphatic rings. The standard InChI is InChI=1S/C12H14N2O/c1-9(2)14-12(15)11(8-13)10-6-4-3-5-7-10/h3-7,9,11H,1-2H3,(H,14,15). The number of amides is 1. The van der Waals surface area contributed by atoms with Crippen molar-refractivity contribution in [2.75, 3.05) is 0 Å². The number of nitrogens with one attached hydrogen (secondary N) is 1. The Labute approximate surface area is 89.7 Å². The van der Waals surface area contributed by atoms with Gasteiger partial charge in [-0.25, -0.2) is 0 Å². The highest BCUT2D eigenvalue weighted by atomic mass is 16.1. The molecule has 0 saturated heterocycles. The summed E-state index contributed by atoms with van der Waals surface area (Å²) in [5.74, 6) is -0.952. The fourth-order valence-electron chi connectivity index (χ4n) is 1.30. The van der Waals surface area contributed by atoms with Gasteiger partial charge in [-0.2, -0.15) is 5.26 Å². The van der Waals surface area contributed by atoms with Crippen LogP contribution in [0.3, 0.4) is 0 Å². The van der Waals surface area contributed by atoms with Gasteiger partial charge in [0.2, 0.25) is 5.91 Å². The third kappa shape index (κ3) is 3.10. The van der Waals surface area contributed by atoms with Crippen LogP contribution in [0.2, 0.25) is 0 Å². The first-order chi connectivity index (χ1) is 7.15. The zero-order valence-corrected chi connectivity index (χ0v) is 8.90. The van der Waals surface area contributed by atoms with Gasteiger partial charge in [-0.1, -0.05) is 30.3 Å². The Kier molecular flexibility index (Phi) is 3.87. The number of carbonyl (C=O) groups is 1. The lowest BCUT2D eigenvalue weighted by molar-refractivity contribution is -0.121. The minimum absolute atomic E-state index is 0.0528. The molecule has 78 valence electrons. The number of rotatable bonds is 3. The minimum atomic E-state index is -0.714. The molecule has 0 aliphatic carbocycles. The second-order valence-electron chi connectivity index (χ2n) is 3.64. The van der Waals surface area contributed by atoms with Crippen molar-refractivity contribution in [1.82, 2.24) is 5.32 Å². The smallest absolute Gasteiger partial charge is 0.242 e. The third-order valence-corrected chi connectivity index (χ3v) is 1.96. The van der Waals surface area contributed by atoms with Crippen LogP contribution in [0, 0.1) is 11.3 Å². The molecule has 15 heavy (non-hydrogen) atoms. The van der Waals surface area contributed by atoms with Crippen LogP contribution in [0.25, 0.3) is 0 Å². The summed E-state index contributed by atoms with van der Waals surface area (Å²) in [4.78, 5) is 11.7. The first-order valence-corrected chi connectivity index (χ1v) is 4.90. The first-order valence-electron chi connectivity index (χ1n) is 4.90. The largest absolute Gasteiger partial charge is 0.352 e. The molecule has 0 spiro atoms. The average molecular weight is 202 g/mol. The molecule has 0 heterocycles. The van der Waals surface area contributed by atoms with Crippen LogP contribution in [0.5, 0.6) is 0 Å².